The predicted molar refractivity (Wildman–Crippen MR) is 50.2 cm³/mol. The molecule has 5 heteroatoms. The van der Waals surface area contributed by atoms with Crippen LogP contribution >= 0.6 is 0 Å². The van der Waals surface area contributed by atoms with Gasteiger partial charge >= 0.3 is 41.5 Å². The van der Waals surface area contributed by atoms with Crippen LogP contribution in [-0.4, -0.2) is 19.0 Å². The molecule has 0 unspecified atom stereocenters. The zero-order valence-corrected chi connectivity index (χ0v) is 10.9. The molecule has 1 aromatic rings. The summed E-state index contributed by atoms with van der Waals surface area (Å²) in [5.41, 5.74) is 0.320. The van der Waals surface area contributed by atoms with Gasteiger partial charge in [-0.15, -0.1) is 0 Å². The summed E-state index contributed by atoms with van der Waals surface area (Å²) in [4.78, 5) is 21.7. The van der Waals surface area contributed by atoms with Crippen molar-refractivity contribution in [2.75, 3.05) is 7.11 Å². The monoisotopic (exact) mass is 218 g/mol. The number of esters is 2. The molecule has 0 heterocycles. The smallest absolute Gasteiger partial charge is 1.00 e. The van der Waals surface area contributed by atoms with Crippen LogP contribution in [0.2, 0.25) is 0 Å². The van der Waals surface area contributed by atoms with Crippen molar-refractivity contribution in [1.29, 1.82) is 0 Å². The van der Waals surface area contributed by atoms with Crippen LogP contribution < -0.4 is 34.3 Å². The molecular formula is C10H11NaO4. The third-order valence-corrected chi connectivity index (χ3v) is 1.56. The van der Waals surface area contributed by atoms with E-state index in [1.165, 1.54) is 26.2 Å². The first-order valence-corrected chi connectivity index (χ1v) is 4.00. The molecule has 0 aliphatic rings. The van der Waals surface area contributed by atoms with Crippen LogP contribution in [0.15, 0.2) is 24.3 Å². The van der Waals surface area contributed by atoms with Crippen LogP contribution in [0.25, 0.3) is 0 Å². The second kappa shape index (κ2) is 6.61. The Balaban J connectivity index is 0. The zero-order valence-electron chi connectivity index (χ0n) is 9.94. The molecule has 0 bridgehead atoms. The van der Waals surface area contributed by atoms with Crippen molar-refractivity contribution in [3.63, 3.8) is 0 Å². The minimum atomic E-state index is -0.653. The fourth-order valence-corrected chi connectivity index (χ4v) is 0.917. The third kappa shape index (κ3) is 4.46. The number of rotatable bonds is 2. The quantitative estimate of drug-likeness (QED) is 0.345. The second-order valence-corrected chi connectivity index (χ2v) is 2.61. The molecule has 0 saturated carbocycles. The van der Waals surface area contributed by atoms with Crippen LogP contribution in [0.3, 0.4) is 0 Å². The number of hydrogen-bond acceptors (Lipinski definition) is 4. The van der Waals surface area contributed by atoms with Crippen molar-refractivity contribution in [1.82, 2.24) is 0 Å². The van der Waals surface area contributed by atoms with Gasteiger partial charge in [0.25, 0.3) is 0 Å². The molecule has 0 aliphatic carbocycles. The van der Waals surface area contributed by atoms with Crippen molar-refractivity contribution in [3.8, 4) is 5.75 Å². The van der Waals surface area contributed by atoms with E-state index in [0.717, 1.165) is 0 Å². The van der Waals surface area contributed by atoms with E-state index in [4.69, 9.17) is 4.74 Å². The van der Waals surface area contributed by atoms with Gasteiger partial charge in [-0.05, 0) is 24.3 Å². The van der Waals surface area contributed by atoms with E-state index in [1.807, 2.05) is 0 Å². The van der Waals surface area contributed by atoms with Gasteiger partial charge in [0, 0.05) is 6.92 Å². The number of carbonyl (C=O) groups excluding carboxylic acids is 2. The first-order chi connectivity index (χ1) is 6.63. The minimum Gasteiger partial charge on any atom is -1.00 e. The van der Waals surface area contributed by atoms with Crippen LogP contribution in [-0.2, 0) is 9.53 Å². The summed E-state index contributed by atoms with van der Waals surface area (Å²) in [6.07, 6.45) is 0. The van der Waals surface area contributed by atoms with Crippen LogP contribution in [0.1, 0.15) is 18.7 Å². The maximum absolute atomic E-state index is 11.2. The van der Waals surface area contributed by atoms with E-state index < -0.39 is 11.9 Å². The van der Waals surface area contributed by atoms with Crippen molar-refractivity contribution in [3.05, 3.63) is 29.8 Å². The van der Waals surface area contributed by atoms with E-state index >= 15 is 0 Å². The van der Waals surface area contributed by atoms with Crippen LogP contribution in [0.4, 0.5) is 0 Å². The summed E-state index contributed by atoms with van der Waals surface area (Å²) >= 11 is 0. The van der Waals surface area contributed by atoms with Gasteiger partial charge in [0.15, 0.2) is 0 Å². The predicted octanol–water partition coefficient (Wildman–Crippen LogP) is -1.48. The van der Waals surface area contributed by atoms with E-state index in [9.17, 15) is 9.59 Å². The van der Waals surface area contributed by atoms with E-state index in [0.29, 0.717) is 11.3 Å². The molecule has 0 spiro atoms. The zero-order chi connectivity index (χ0) is 10.6. The molecule has 1 rings (SSSR count). The van der Waals surface area contributed by atoms with Crippen molar-refractivity contribution in [2.24, 2.45) is 0 Å². The molecular weight excluding hydrogens is 207 g/mol. The molecule has 1 aromatic carbocycles. The van der Waals surface area contributed by atoms with Crippen molar-refractivity contribution < 1.29 is 50.0 Å². The van der Waals surface area contributed by atoms with Gasteiger partial charge in [-0.25, -0.2) is 4.79 Å². The third-order valence-electron chi connectivity index (χ3n) is 1.56. The average molecular weight is 218 g/mol. The van der Waals surface area contributed by atoms with E-state index in [2.05, 4.69) is 4.74 Å². The largest absolute Gasteiger partial charge is 1.00 e. The fourth-order valence-electron chi connectivity index (χ4n) is 0.917. The fraction of sp³-hybridized carbons (Fsp3) is 0.200. The Labute approximate surface area is 111 Å². The number of methoxy groups -OCH3 is 1. The average Bonchev–Trinajstić information content (AvgIpc) is 2.17. The molecule has 0 atom stereocenters. The van der Waals surface area contributed by atoms with Gasteiger partial charge in [0.05, 0.1) is 12.7 Å². The van der Waals surface area contributed by atoms with Gasteiger partial charge in [0.1, 0.15) is 5.75 Å². The van der Waals surface area contributed by atoms with Crippen LogP contribution in [0, 0.1) is 0 Å². The molecule has 0 aliphatic heterocycles. The Hall–Kier alpha value is -0.840. The van der Waals surface area contributed by atoms with E-state index in [-0.39, 0.29) is 31.0 Å². The minimum absolute atomic E-state index is 0. The molecule has 76 valence electrons. The van der Waals surface area contributed by atoms with Crippen molar-refractivity contribution >= 4 is 11.9 Å². The normalized spacial score (nSPS) is 8.67. The molecule has 0 amide bonds. The second-order valence-electron chi connectivity index (χ2n) is 2.61. The Morgan fingerprint density at radius 1 is 1.20 bits per heavy atom. The Bertz CT molecular complexity index is 350. The number of hydrogen-bond donors (Lipinski definition) is 0. The molecule has 15 heavy (non-hydrogen) atoms. The van der Waals surface area contributed by atoms with Gasteiger partial charge in [-0.1, -0.05) is 0 Å². The molecule has 0 fully saturated rings. The standard InChI is InChI=1S/C10H10O4.Na.H/c1-7(11)14-10(12)8-3-5-9(13-2)6-4-8;;/h3-6H,1-2H3;;/q;+1;-1. The van der Waals surface area contributed by atoms with Gasteiger partial charge in [0.2, 0.25) is 0 Å². The molecule has 4 nitrogen and oxygen atoms in total. The Morgan fingerprint density at radius 3 is 2.13 bits per heavy atom. The molecule has 0 aromatic heterocycles. The topological polar surface area (TPSA) is 52.6 Å². The van der Waals surface area contributed by atoms with Crippen molar-refractivity contribution in [2.45, 2.75) is 6.92 Å². The molecule has 0 radical (unpaired) electrons. The Morgan fingerprint density at radius 2 is 1.73 bits per heavy atom. The summed E-state index contributed by atoms with van der Waals surface area (Å²) in [7, 11) is 1.53. The summed E-state index contributed by atoms with van der Waals surface area (Å²) in [6, 6.07) is 6.31. The summed E-state index contributed by atoms with van der Waals surface area (Å²) < 4.78 is 9.30. The maximum atomic E-state index is 11.2. The number of ether oxygens (including phenoxy) is 2. The summed E-state index contributed by atoms with van der Waals surface area (Å²) in [5, 5.41) is 0. The summed E-state index contributed by atoms with van der Waals surface area (Å²) in [6.45, 7) is 1.18. The van der Waals surface area contributed by atoms with Gasteiger partial charge < -0.3 is 10.9 Å². The SMILES string of the molecule is COc1ccc(C(=O)OC(C)=O)cc1.[H-].[Na+]. The van der Waals surface area contributed by atoms with Gasteiger partial charge in [-0.2, -0.15) is 0 Å². The first kappa shape index (κ1) is 14.2. The number of carbonyl (C=O) groups is 2. The van der Waals surface area contributed by atoms with E-state index in [1.54, 1.807) is 12.1 Å². The van der Waals surface area contributed by atoms with Crippen LogP contribution in [0.5, 0.6) is 5.75 Å². The Kier molecular flexibility index (Phi) is 6.24. The molecule has 0 saturated heterocycles. The maximum Gasteiger partial charge on any atom is 1.00 e. The van der Waals surface area contributed by atoms with Gasteiger partial charge in [-0.3, -0.25) is 4.79 Å². The number of benzene rings is 1. The summed E-state index contributed by atoms with van der Waals surface area (Å²) in [5.74, 6) is -0.629. The first-order valence-electron chi connectivity index (χ1n) is 4.00. The molecule has 0 N–H and O–H groups in total.